The molecule has 6 unspecified atom stereocenters. The molecule has 0 aromatic rings. The SMILES string of the molecule is C=C1C(=O)OC2C1C(OC(C)=O)CC1(C)C(O)CC=C(C)C21. The maximum absolute atomic E-state index is 12.0. The quantitative estimate of drug-likeness (QED) is 0.454. The van der Waals surface area contributed by atoms with Gasteiger partial charge in [-0.2, -0.15) is 0 Å². The van der Waals surface area contributed by atoms with Crippen LogP contribution in [0.15, 0.2) is 23.8 Å². The molecule has 0 bridgehead atoms. The van der Waals surface area contributed by atoms with Gasteiger partial charge in [0.2, 0.25) is 0 Å². The van der Waals surface area contributed by atoms with Crippen LogP contribution in [0.2, 0.25) is 0 Å². The third-order valence-electron chi connectivity index (χ3n) is 5.57. The highest BCUT2D eigenvalue weighted by atomic mass is 16.6. The van der Waals surface area contributed by atoms with Crippen LogP contribution < -0.4 is 0 Å². The number of ether oxygens (including phenoxy) is 2. The Bertz CT molecular complexity index is 578. The lowest BCUT2D eigenvalue weighted by atomic mass is 9.54. The van der Waals surface area contributed by atoms with Crippen molar-refractivity contribution in [2.75, 3.05) is 0 Å². The number of carbonyl (C=O) groups excluding carboxylic acids is 2. The van der Waals surface area contributed by atoms with Crippen molar-refractivity contribution in [3.63, 3.8) is 0 Å². The third-order valence-corrected chi connectivity index (χ3v) is 5.57. The monoisotopic (exact) mass is 306 g/mol. The molecule has 1 N–H and O–H groups in total. The lowest BCUT2D eigenvalue weighted by Gasteiger charge is -2.53. The summed E-state index contributed by atoms with van der Waals surface area (Å²) in [5, 5.41) is 10.5. The van der Waals surface area contributed by atoms with Crippen LogP contribution in [-0.2, 0) is 19.1 Å². The summed E-state index contributed by atoms with van der Waals surface area (Å²) in [5.41, 5.74) is 1.00. The van der Waals surface area contributed by atoms with Crippen molar-refractivity contribution in [2.24, 2.45) is 17.3 Å². The number of fused-ring (bicyclic) bond motifs is 3. The summed E-state index contributed by atoms with van der Waals surface area (Å²) in [6.45, 7) is 9.18. The Hall–Kier alpha value is -1.62. The Morgan fingerprint density at radius 2 is 2.23 bits per heavy atom. The summed E-state index contributed by atoms with van der Waals surface area (Å²) in [6, 6.07) is 0. The maximum atomic E-state index is 12.0. The van der Waals surface area contributed by atoms with Crippen LogP contribution in [0.5, 0.6) is 0 Å². The van der Waals surface area contributed by atoms with Crippen molar-refractivity contribution >= 4 is 11.9 Å². The van der Waals surface area contributed by atoms with Gasteiger partial charge in [-0.05, 0) is 19.8 Å². The van der Waals surface area contributed by atoms with Crippen molar-refractivity contribution in [1.29, 1.82) is 0 Å². The average molecular weight is 306 g/mol. The predicted octanol–water partition coefficient (Wildman–Crippen LogP) is 1.75. The molecule has 0 aromatic heterocycles. The van der Waals surface area contributed by atoms with Gasteiger partial charge in [0.15, 0.2) is 0 Å². The lowest BCUT2D eigenvalue weighted by Crippen LogP contribution is -2.57. The van der Waals surface area contributed by atoms with Crippen LogP contribution in [0.4, 0.5) is 0 Å². The maximum Gasteiger partial charge on any atom is 0.334 e. The highest BCUT2D eigenvalue weighted by molar-refractivity contribution is 5.91. The van der Waals surface area contributed by atoms with Gasteiger partial charge in [-0.15, -0.1) is 0 Å². The first kappa shape index (κ1) is 15.3. The third kappa shape index (κ3) is 2.02. The molecule has 0 aromatic carbocycles. The second-order valence-electron chi connectivity index (χ2n) is 6.96. The Morgan fingerprint density at radius 3 is 2.86 bits per heavy atom. The smallest absolute Gasteiger partial charge is 0.334 e. The van der Waals surface area contributed by atoms with Crippen LogP contribution >= 0.6 is 0 Å². The molecule has 1 saturated carbocycles. The van der Waals surface area contributed by atoms with Crippen molar-refractivity contribution in [2.45, 2.75) is 51.9 Å². The number of aliphatic hydroxyl groups excluding tert-OH is 1. The van der Waals surface area contributed by atoms with Crippen LogP contribution in [0.25, 0.3) is 0 Å². The van der Waals surface area contributed by atoms with E-state index in [4.69, 9.17) is 9.47 Å². The minimum absolute atomic E-state index is 0.0729. The molecule has 22 heavy (non-hydrogen) atoms. The Balaban J connectivity index is 2.06. The van der Waals surface area contributed by atoms with E-state index in [1.54, 1.807) is 0 Å². The summed E-state index contributed by atoms with van der Waals surface area (Å²) >= 11 is 0. The number of rotatable bonds is 1. The van der Waals surface area contributed by atoms with E-state index in [-0.39, 0.29) is 11.8 Å². The Kier molecular flexibility index (Phi) is 3.44. The van der Waals surface area contributed by atoms with E-state index in [9.17, 15) is 14.7 Å². The lowest BCUT2D eigenvalue weighted by molar-refractivity contribution is -0.173. The topological polar surface area (TPSA) is 72.8 Å². The van der Waals surface area contributed by atoms with E-state index in [1.165, 1.54) is 6.92 Å². The standard InChI is InChI=1S/C17H22O5/c1-8-5-6-12(19)17(4)7-11(21-10(3)18)13-9(2)16(20)22-15(13)14(8)17/h5,11-15,19H,2,6-7H2,1,3-4H3. The van der Waals surface area contributed by atoms with Crippen LogP contribution in [0, 0.1) is 17.3 Å². The summed E-state index contributed by atoms with van der Waals surface area (Å²) in [4.78, 5) is 23.4. The largest absolute Gasteiger partial charge is 0.462 e. The van der Waals surface area contributed by atoms with Crippen LogP contribution in [-0.4, -0.2) is 35.4 Å². The Morgan fingerprint density at radius 1 is 1.55 bits per heavy atom. The van der Waals surface area contributed by atoms with Crippen molar-refractivity contribution in [1.82, 2.24) is 0 Å². The minimum atomic E-state index is -0.548. The number of hydrogen-bond donors (Lipinski definition) is 1. The zero-order chi connectivity index (χ0) is 16.2. The average Bonchev–Trinajstić information content (AvgIpc) is 2.70. The molecule has 0 radical (unpaired) electrons. The first-order chi connectivity index (χ1) is 10.3. The van der Waals surface area contributed by atoms with Crippen LogP contribution in [0.3, 0.4) is 0 Å². The van der Waals surface area contributed by atoms with E-state index in [0.29, 0.717) is 18.4 Å². The zero-order valence-electron chi connectivity index (χ0n) is 13.2. The van der Waals surface area contributed by atoms with E-state index < -0.39 is 35.7 Å². The van der Waals surface area contributed by atoms with Gasteiger partial charge in [0, 0.05) is 23.8 Å². The molecule has 1 saturated heterocycles. The highest BCUT2D eigenvalue weighted by Gasteiger charge is 2.61. The first-order valence-electron chi connectivity index (χ1n) is 7.67. The molecule has 1 aliphatic heterocycles. The second-order valence-corrected chi connectivity index (χ2v) is 6.96. The summed E-state index contributed by atoms with van der Waals surface area (Å²) in [6.07, 6.45) is 1.62. The molecule has 3 rings (SSSR count). The molecule has 2 fully saturated rings. The van der Waals surface area contributed by atoms with E-state index in [2.05, 4.69) is 6.58 Å². The molecule has 0 amide bonds. The summed E-state index contributed by atoms with van der Waals surface area (Å²) < 4.78 is 11.0. The minimum Gasteiger partial charge on any atom is -0.462 e. The molecule has 2 aliphatic carbocycles. The van der Waals surface area contributed by atoms with E-state index in [0.717, 1.165) is 5.57 Å². The highest BCUT2D eigenvalue weighted by Crippen LogP contribution is 2.56. The predicted molar refractivity (Wildman–Crippen MR) is 78.7 cm³/mol. The first-order valence-corrected chi connectivity index (χ1v) is 7.67. The van der Waals surface area contributed by atoms with Gasteiger partial charge in [-0.1, -0.05) is 25.2 Å². The van der Waals surface area contributed by atoms with Gasteiger partial charge in [0.25, 0.3) is 0 Å². The van der Waals surface area contributed by atoms with Gasteiger partial charge in [-0.25, -0.2) is 4.79 Å². The number of carbonyl (C=O) groups is 2. The summed E-state index contributed by atoms with van der Waals surface area (Å²) in [5.74, 6) is -1.22. The van der Waals surface area contributed by atoms with E-state index >= 15 is 0 Å². The molecular formula is C17H22O5. The van der Waals surface area contributed by atoms with Gasteiger partial charge < -0.3 is 14.6 Å². The fraction of sp³-hybridized carbons (Fsp3) is 0.647. The van der Waals surface area contributed by atoms with Gasteiger partial charge in [-0.3, -0.25) is 4.79 Å². The van der Waals surface area contributed by atoms with E-state index in [1.807, 2.05) is 19.9 Å². The molecule has 3 aliphatic rings. The van der Waals surface area contributed by atoms with Gasteiger partial charge in [0.05, 0.1) is 12.0 Å². The van der Waals surface area contributed by atoms with Crippen molar-refractivity contribution in [3.8, 4) is 0 Å². The molecule has 0 spiro atoms. The van der Waals surface area contributed by atoms with Gasteiger partial charge in [0.1, 0.15) is 12.2 Å². The molecule has 5 heteroatoms. The zero-order valence-corrected chi connectivity index (χ0v) is 13.2. The molecule has 6 atom stereocenters. The fourth-order valence-electron chi connectivity index (χ4n) is 4.53. The second kappa shape index (κ2) is 4.95. The molecule has 120 valence electrons. The van der Waals surface area contributed by atoms with Crippen LogP contribution in [0.1, 0.15) is 33.6 Å². The number of aliphatic hydroxyl groups is 1. The number of esters is 2. The van der Waals surface area contributed by atoms with Gasteiger partial charge >= 0.3 is 11.9 Å². The number of hydrogen-bond acceptors (Lipinski definition) is 5. The molecule has 1 heterocycles. The molecular weight excluding hydrogens is 284 g/mol. The van der Waals surface area contributed by atoms with Crippen molar-refractivity contribution < 1.29 is 24.2 Å². The summed E-state index contributed by atoms with van der Waals surface area (Å²) in [7, 11) is 0. The Labute approximate surface area is 130 Å². The fourth-order valence-corrected chi connectivity index (χ4v) is 4.53. The molecule has 5 nitrogen and oxygen atoms in total. The van der Waals surface area contributed by atoms with Crippen molar-refractivity contribution in [3.05, 3.63) is 23.8 Å². The normalized spacial score (nSPS) is 43.8.